The van der Waals surface area contributed by atoms with Crippen LogP contribution in [-0.2, 0) is 32.6 Å². The number of anilines is 1. The zero-order chi connectivity index (χ0) is 31.2. The third-order valence-electron chi connectivity index (χ3n) is 6.17. The molecule has 3 rings (SSSR count). The number of nitrogens with one attached hydrogen (secondary N) is 1. The minimum absolute atomic E-state index is 0.0745. The van der Waals surface area contributed by atoms with Crippen molar-refractivity contribution < 1.29 is 22.9 Å². The van der Waals surface area contributed by atoms with Crippen molar-refractivity contribution in [2.24, 2.45) is 0 Å². The topological polar surface area (TPSA) is 130 Å². The van der Waals surface area contributed by atoms with Crippen LogP contribution in [0.4, 0.5) is 11.4 Å². The van der Waals surface area contributed by atoms with E-state index in [1.54, 1.807) is 51.1 Å². The highest BCUT2D eigenvalue weighted by Gasteiger charge is 2.35. The molecule has 0 spiro atoms. The molecule has 0 aliphatic carbocycles. The first-order chi connectivity index (χ1) is 19.6. The van der Waals surface area contributed by atoms with Crippen LogP contribution in [0.5, 0.6) is 0 Å². The Morgan fingerprint density at radius 1 is 0.976 bits per heavy atom. The standard InChI is InChI=1S/C29H32Cl2N4O6S/c1-29(2,3)32-28(37)26(16-20-10-6-5-7-11-20)33(18-23-24(30)14-9-15-25(23)31)27(36)19-34(42(4,40)41)21-12-8-13-22(17-21)35(38)39/h5-15,17,26H,16,18-19H2,1-4H3,(H,32,37)/t26-/m1/s1. The number of nitro benzene ring substituents is 1. The van der Waals surface area contributed by atoms with Gasteiger partial charge in [0, 0.05) is 46.2 Å². The molecular weight excluding hydrogens is 603 g/mol. The monoisotopic (exact) mass is 634 g/mol. The zero-order valence-electron chi connectivity index (χ0n) is 23.6. The molecule has 0 saturated carbocycles. The molecule has 0 radical (unpaired) electrons. The summed E-state index contributed by atoms with van der Waals surface area (Å²) in [5, 5.41) is 14.8. The molecule has 0 bridgehead atoms. The predicted octanol–water partition coefficient (Wildman–Crippen LogP) is 5.22. The van der Waals surface area contributed by atoms with Gasteiger partial charge in [-0.15, -0.1) is 0 Å². The number of non-ortho nitro benzene ring substituents is 1. The molecule has 0 saturated heterocycles. The molecule has 224 valence electrons. The molecule has 3 aromatic rings. The number of hydrogen-bond donors (Lipinski definition) is 1. The van der Waals surface area contributed by atoms with Gasteiger partial charge in [0.1, 0.15) is 12.6 Å². The van der Waals surface area contributed by atoms with E-state index < -0.39 is 44.9 Å². The number of rotatable bonds is 11. The zero-order valence-corrected chi connectivity index (χ0v) is 25.9. The summed E-state index contributed by atoms with van der Waals surface area (Å²) in [6.07, 6.45) is 0.994. The molecule has 2 amide bonds. The van der Waals surface area contributed by atoms with Gasteiger partial charge in [-0.3, -0.25) is 24.0 Å². The summed E-state index contributed by atoms with van der Waals surface area (Å²) < 4.78 is 26.5. The first kappa shape index (κ1) is 32.8. The van der Waals surface area contributed by atoms with Gasteiger partial charge >= 0.3 is 0 Å². The molecule has 42 heavy (non-hydrogen) atoms. The van der Waals surface area contributed by atoms with Crippen LogP contribution in [0.15, 0.2) is 72.8 Å². The van der Waals surface area contributed by atoms with E-state index in [-0.39, 0.29) is 34.4 Å². The molecular formula is C29H32Cl2N4O6S. The van der Waals surface area contributed by atoms with Crippen LogP contribution in [-0.4, -0.2) is 54.4 Å². The van der Waals surface area contributed by atoms with Gasteiger partial charge < -0.3 is 10.2 Å². The SMILES string of the molecule is CC(C)(C)NC(=O)[C@@H](Cc1ccccc1)N(Cc1c(Cl)cccc1Cl)C(=O)CN(c1cccc([N+](=O)[O-])c1)S(C)(=O)=O. The average molecular weight is 636 g/mol. The summed E-state index contributed by atoms with van der Waals surface area (Å²) in [5.74, 6) is -1.21. The van der Waals surface area contributed by atoms with Crippen molar-refractivity contribution in [3.63, 3.8) is 0 Å². The van der Waals surface area contributed by atoms with E-state index in [2.05, 4.69) is 5.32 Å². The molecule has 10 nitrogen and oxygen atoms in total. The van der Waals surface area contributed by atoms with Crippen LogP contribution < -0.4 is 9.62 Å². The summed E-state index contributed by atoms with van der Waals surface area (Å²) in [5.41, 5.74) is 0.0598. The number of sulfonamides is 1. The molecule has 0 aromatic heterocycles. The van der Waals surface area contributed by atoms with E-state index in [4.69, 9.17) is 23.2 Å². The Kier molecular flexibility index (Phi) is 10.6. The van der Waals surface area contributed by atoms with Crippen LogP contribution in [0.2, 0.25) is 10.0 Å². The lowest BCUT2D eigenvalue weighted by molar-refractivity contribution is -0.384. The summed E-state index contributed by atoms with van der Waals surface area (Å²) in [6.45, 7) is 4.45. The summed E-state index contributed by atoms with van der Waals surface area (Å²) in [4.78, 5) is 39.9. The normalized spacial score (nSPS) is 12.3. The maximum atomic E-state index is 14.1. The lowest BCUT2D eigenvalue weighted by Crippen LogP contribution is -2.56. The third kappa shape index (κ3) is 8.91. The fourth-order valence-corrected chi connectivity index (χ4v) is 5.59. The smallest absolute Gasteiger partial charge is 0.271 e. The second-order valence-corrected chi connectivity index (χ2v) is 13.4. The molecule has 3 aromatic carbocycles. The molecule has 13 heteroatoms. The second kappa shape index (κ2) is 13.5. The number of halogens is 2. The molecule has 1 N–H and O–H groups in total. The Morgan fingerprint density at radius 2 is 1.57 bits per heavy atom. The maximum Gasteiger partial charge on any atom is 0.271 e. The van der Waals surface area contributed by atoms with Crippen molar-refractivity contribution >= 4 is 56.4 Å². The quantitative estimate of drug-likeness (QED) is 0.227. The number of nitrogens with zero attached hydrogens (tertiary/aromatic N) is 3. The maximum absolute atomic E-state index is 14.1. The Labute approximate surface area is 255 Å². The number of benzene rings is 3. The van der Waals surface area contributed by atoms with Gasteiger partial charge in [0.2, 0.25) is 21.8 Å². The third-order valence-corrected chi connectivity index (χ3v) is 8.02. The molecule has 0 unspecified atom stereocenters. The fourth-order valence-electron chi connectivity index (χ4n) is 4.24. The molecule has 0 aliphatic rings. The lowest BCUT2D eigenvalue weighted by atomic mass is 10.0. The number of carbonyl (C=O) groups is 2. The molecule has 0 aliphatic heterocycles. The van der Waals surface area contributed by atoms with E-state index in [9.17, 15) is 28.1 Å². The van der Waals surface area contributed by atoms with Crippen molar-refractivity contribution in [3.8, 4) is 0 Å². The van der Waals surface area contributed by atoms with E-state index in [1.165, 1.54) is 23.1 Å². The molecule has 1 atom stereocenters. The summed E-state index contributed by atoms with van der Waals surface area (Å²) in [7, 11) is -4.10. The number of carbonyl (C=O) groups excluding carboxylic acids is 2. The first-order valence-corrected chi connectivity index (χ1v) is 15.5. The van der Waals surface area contributed by atoms with Crippen LogP contribution in [0.3, 0.4) is 0 Å². The van der Waals surface area contributed by atoms with Crippen molar-refractivity contribution in [1.82, 2.24) is 10.2 Å². The van der Waals surface area contributed by atoms with Crippen molar-refractivity contribution in [2.45, 2.75) is 45.3 Å². The Balaban J connectivity index is 2.14. The average Bonchev–Trinajstić information content (AvgIpc) is 2.89. The Hall–Kier alpha value is -3.67. The van der Waals surface area contributed by atoms with Gasteiger partial charge in [0.15, 0.2) is 0 Å². The highest BCUT2D eigenvalue weighted by atomic mass is 35.5. The summed E-state index contributed by atoms with van der Waals surface area (Å²) in [6, 6.07) is 17.7. The van der Waals surface area contributed by atoms with E-state index in [0.29, 0.717) is 5.56 Å². The highest BCUT2D eigenvalue weighted by Crippen LogP contribution is 2.29. The number of amides is 2. The highest BCUT2D eigenvalue weighted by molar-refractivity contribution is 7.92. The van der Waals surface area contributed by atoms with Crippen molar-refractivity contribution in [3.05, 3.63) is 104 Å². The van der Waals surface area contributed by atoms with Gasteiger partial charge in [-0.05, 0) is 44.5 Å². The van der Waals surface area contributed by atoms with Gasteiger partial charge in [-0.1, -0.05) is 65.7 Å². The van der Waals surface area contributed by atoms with E-state index in [0.717, 1.165) is 22.2 Å². The van der Waals surface area contributed by atoms with Crippen LogP contribution in [0, 0.1) is 10.1 Å². The second-order valence-electron chi connectivity index (χ2n) is 10.7. The minimum Gasteiger partial charge on any atom is -0.350 e. The van der Waals surface area contributed by atoms with Gasteiger partial charge in [0.25, 0.3) is 5.69 Å². The van der Waals surface area contributed by atoms with Gasteiger partial charge in [-0.25, -0.2) is 8.42 Å². The van der Waals surface area contributed by atoms with Crippen molar-refractivity contribution in [2.75, 3.05) is 17.1 Å². The van der Waals surface area contributed by atoms with Crippen molar-refractivity contribution in [1.29, 1.82) is 0 Å². The lowest BCUT2D eigenvalue weighted by Gasteiger charge is -2.35. The minimum atomic E-state index is -4.10. The molecule has 0 heterocycles. The number of hydrogen-bond acceptors (Lipinski definition) is 6. The number of nitro groups is 1. The fraction of sp³-hybridized carbons (Fsp3) is 0.310. The van der Waals surface area contributed by atoms with Gasteiger partial charge in [0.05, 0.1) is 16.9 Å². The van der Waals surface area contributed by atoms with Crippen LogP contribution in [0.1, 0.15) is 31.9 Å². The van der Waals surface area contributed by atoms with Crippen LogP contribution >= 0.6 is 23.2 Å². The first-order valence-electron chi connectivity index (χ1n) is 12.9. The van der Waals surface area contributed by atoms with E-state index in [1.807, 2.05) is 18.2 Å². The van der Waals surface area contributed by atoms with E-state index >= 15 is 0 Å². The predicted molar refractivity (Wildman–Crippen MR) is 164 cm³/mol. The Bertz CT molecular complexity index is 1540. The largest absolute Gasteiger partial charge is 0.350 e. The van der Waals surface area contributed by atoms with Gasteiger partial charge in [-0.2, -0.15) is 0 Å². The van der Waals surface area contributed by atoms with Crippen LogP contribution in [0.25, 0.3) is 0 Å². The molecule has 0 fully saturated rings. The summed E-state index contributed by atoms with van der Waals surface area (Å²) >= 11 is 12.9. The Morgan fingerprint density at radius 3 is 2.12 bits per heavy atom.